The van der Waals surface area contributed by atoms with E-state index < -0.39 is 18.2 Å². The van der Waals surface area contributed by atoms with Gasteiger partial charge in [0, 0.05) is 6.42 Å². The van der Waals surface area contributed by atoms with Gasteiger partial charge in [-0.05, 0) is 77.0 Å². The molecule has 0 spiro atoms. The normalized spacial score (nSPS) is 13.6. The number of esters is 1. The number of carbonyl (C=O) groups is 2. The number of amides is 1. The van der Waals surface area contributed by atoms with E-state index in [1.807, 2.05) is 0 Å². The predicted octanol–water partition coefficient (Wildman–Crippen LogP) is 16.8. The molecule has 372 valence electrons. The predicted molar refractivity (Wildman–Crippen MR) is 278 cm³/mol. The maximum atomic E-state index is 13.2. The lowest BCUT2D eigenvalue weighted by Gasteiger charge is -2.24. The molecule has 0 aliphatic carbocycles. The summed E-state index contributed by atoms with van der Waals surface area (Å²) in [6.07, 6.45) is 64.2. The molecule has 64 heavy (non-hydrogen) atoms. The van der Waals surface area contributed by atoms with Crippen LogP contribution in [0.2, 0.25) is 0 Å². The Balaban J connectivity index is 4.57. The van der Waals surface area contributed by atoms with Crippen LogP contribution in [0.15, 0.2) is 60.8 Å². The van der Waals surface area contributed by atoms with Gasteiger partial charge in [-0.25, -0.2) is 0 Å². The Morgan fingerprint density at radius 3 is 1.42 bits per heavy atom. The molecule has 0 saturated carbocycles. The van der Waals surface area contributed by atoms with E-state index in [4.69, 9.17) is 4.74 Å². The summed E-state index contributed by atoms with van der Waals surface area (Å²) in [6, 6.07) is -0.712. The zero-order valence-corrected chi connectivity index (χ0v) is 42.4. The first-order valence-corrected chi connectivity index (χ1v) is 27.5. The van der Waals surface area contributed by atoms with Crippen molar-refractivity contribution < 1.29 is 24.5 Å². The Labute approximate surface area is 397 Å². The number of ether oxygens (including phenoxy) is 1. The van der Waals surface area contributed by atoms with Crippen molar-refractivity contribution in [1.82, 2.24) is 5.32 Å². The fourth-order valence-electron chi connectivity index (χ4n) is 8.23. The highest BCUT2D eigenvalue weighted by molar-refractivity contribution is 5.77. The van der Waals surface area contributed by atoms with E-state index in [0.717, 1.165) is 96.3 Å². The van der Waals surface area contributed by atoms with Crippen LogP contribution < -0.4 is 5.32 Å². The van der Waals surface area contributed by atoms with Crippen LogP contribution in [0.25, 0.3) is 0 Å². The van der Waals surface area contributed by atoms with Gasteiger partial charge in [0.2, 0.25) is 5.91 Å². The second-order valence-corrected chi connectivity index (χ2v) is 18.7. The lowest BCUT2D eigenvalue weighted by atomic mass is 10.0. The minimum Gasteiger partial charge on any atom is -0.462 e. The van der Waals surface area contributed by atoms with Gasteiger partial charge in [-0.1, -0.05) is 242 Å². The molecule has 0 saturated heterocycles. The Kier molecular flexibility index (Phi) is 49.6. The van der Waals surface area contributed by atoms with E-state index in [1.165, 1.54) is 128 Å². The van der Waals surface area contributed by atoms with Crippen LogP contribution in [-0.2, 0) is 14.3 Å². The van der Waals surface area contributed by atoms with Crippen molar-refractivity contribution in [2.75, 3.05) is 6.61 Å². The van der Waals surface area contributed by atoms with Gasteiger partial charge < -0.3 is 20.3 Å². The SMILES string of the molecule is CC/C=C/C=C/C=C\CCCCCCCC(=O)OC(CCCCCCC/C=C\C/C=C\CCCCC)CC(=O)NC(CO)C(O)CCCCCCCCCCCCCCCCCCC. The van der Waals surface area contributed by atoms with Gasteiger partial charge in [-0.15, -0.1) is 0 Å². The third-order valence-electron chi connectivity index (χ3n) is 12.4. The average molecular weight is 896 g/mol. The van der Waals surface area contributed by atoms with E-state index in [-0.39, 0.29) is 24.9 Å². The van der Waals surface area contributed by atoms with Crippen LogP contribution in [-0.4, -0.2) is 46.9 Å². The van der Waals surface area contributed by atoms with Crippen molar-refractivity contribution in [3.63, 3.8) is 0 Å². The second-order valence-electron chi connectivity index (χ2n) is 18.7. The van der Waals surface area contributed by atoms with E-state index in [1.54, 1.807) is 0 Å². The number of hydrogen-bond acceptors (Lipinski definition) is 5. The van der Waals surface area contributed by atoms with Gasteiger partial charge in [-0.2, -0.15) is 0 Å². The van der Waals surface area contributed by atoms with Crippen molar-refractivity contribution in [2.45, 2.75) is 289 Å². The molecule has 0 aliphatic rings. The molecule has 0 rings (SSSR count). The Bertz CT molecular complexity index is 1140. The molecule has 1 amide bonds. The number of carbonyl (C=O) groups excluding carboxylic acids is 2. The molecule has 0 aromatic heterocycles. The number of allylic oxidation sites excluding steroid dienone is 10. The summed E-state index contributed by atoms with van der Waals surface area (Å²) >= 11 is 0. The summed E-state index contributed by atoms with van der Waals surface area (Å²) in [6.45, 7) is 6.34. The standard InChI is InChI=1S/C58H105NO5/c1-4-7-10-13-16-19-22-25-27-28-30-33-35-38-41-44-47-50-56(61)55(53-60)59-57(62)52-54(49-46-43-40-37-34-32-29-26-23-20-17-14-11-8-5-2)64-58(63)51-48-45-42-39-36-31-24-21-18-15-12-9-6-3/h9,12,15,17-18,20-21,24,26,29,54-56,60-61H,4-8,10-11,13-14,16,19,22-23,25,27-28,30-53H2,1-3H3,(H,59,62)/b12-9+,18-15+,20-17-,24-21-,29-26-. The molecule has 0 aromatic rings. The summed E-state index contributed by atoms with van der Waals surface area (Å²) in [5.41, 5.74) is 0. The van der Waals surface area contributed by atoms with Crippen LogP contribution in [0.3, 0.4) is 0 Å². The van der Waals surface area contributed by atoms with Gasteiger partial charge in [0.15, 0.2) is 0 Å². The molecular formula is C58H105NO5. The van der Waals surface area contributed by atoms with E-state index in [9.17, 15) is 19.8 Å². The highest BCUT2D eigenvalue weighted by Crippen LogP contribution is 2.18. The number of rotatable bonds is 49. The van der Waals surface area contributed by atoms with Gasteiger partial charge in [-0.3, -0.25) is 9.59 Å². The first kappa shape index (κ1) is 61.6. The molecule has 0 aliphatic heterocycles. The molecule has 0 aromatic carbocycles. The molecule has 0 fully saturated rings. The molecule has 0 bridgehead atoms. The lowest BCUT2D eigenvalue weighted by molar-refractivity contribution is -0.151. The third-order valence-corrected chi connectivity index (χ3v) is 12.4. The Morgan fingerprint density at radius 1 is 0.484 bits per heavy atom. The summed E-state index contributed by atoms with van der Waals surface area (Å²) in [5, 5.41) is 23.9. The largest absolute Gasteiger partial charge is 0.462 e. The van der Waals surface area contributed by atoms with Gasteiger partial charge >= 0.3 is 5.97 Å². The van der Waals surface area contributed by atoms with Crippen LogP contribution in [0.4, 0.5) is 0 Å². The maximum Gasteiger partial charge on any atom is 0.306 e. The van der Waals surface area contributed by atoms with Gasteiger partial charge in [0.25, 0.3) is 0 Å². The monoisotopic (exact) mass is 896 g/mol. The maximum absolute atomic E-state index is 13.2. The van der Waals surface area contributed by atoms with Crippen molar-refractivity contribution in [1.29, 1.82) is 0 Å². The summed E-state index contributed by atoms with van der Waals surface area (Å²) in [4.78, 5) is 26.2. The van der Waals surface area contributed by atoms with E-state index in [2.05, 4.69) is 86.8 Å². The molecule has 3 N–H and O–H groups in total. The highest BCUT2D eigenvalue weighted by atomic mass is 16.5. The first-order valence-electron chi connectivity index (χ1n) is 27.5. The Hall–Kier alpha value is -2.44. The fourth-order valence-corrected chi connectivity index (χ4v) is 8.23. The summed E-state index contributed by atoms with van der Waals surface area (Å²) < 4.78 is 5.93. The number of aliphatic hydroxyl groups is 2. The van der Waals surface area contributed by atoms with E-state index >= 15 is 0 Å². The minimum atomic E-state index is -0.797. The zero-order valence-electron chi connectivity index (χ0n) is 42.4. The topological polar surface area (TPSA) is 95.9 Å². The quantitative estimate of drug-likeness (QED) is 0.0245. The Morgan fingerprint density at radius 2 is 0.906 bits per heavy atom. The second kappa shape index (κ2) is 51.5. The number of hydrogen-bond donors (Lipinski definition) is 3. The number of unbranched alkanes of at least 4 members (excludes halogenated alkanes) is 29. The van der Waals surface area contributed by atoms with Crippen molar-refractivity contribution >= 4 is 11.9 Å². The van der Waals surface area contributed by atoms with Crippen molar-refractivity contribution in [3.8, 4) is 0 Å². The van der Waals surface area contributed by atoms with Crippen LogP contribution in [0.1, 0.15) is 271 Å². The smallest absolute Gasteiger partial charge is 0.306 e. The van der Waals surface area contributed by atoms with Gasteiger partial charge in [0.05, 0.1) is 25.2 Å². The first-order chi connectivity index (χ1) is 31.5. The van der Waals surface area contributed by atoms with E-state index in [0.29, 0.717) is 19.3 Å². The van der Waals surface area contributed by atoms with Crippen molar-refractivity contribution in [3.05, 3.63) is 60.8 Å². The zero-order chi connectivity index (χ0) is 46.7. The number of aliphatic hydroxyl groups excluding tert-OH is 2. The van der Waals surface area contributed by atoms with Crippen LogP contribution in [0.5, 0.6) is 0 Å². The molecule has 0 heterocycles. The number of nitrogens with one attached hydrogen (secondary N) is 1. The van der Waals surface area contributed by atoms with Crippen LogP contribution >= 0.6 is 0 Å². The minimum absolute atomic E-state index is 0.0591. The molecular weight excluding hydrogens is 791 g/mol. The third kappa shape index (κ3) is 46.1. The summed E-state index contributed by atoms with van der Waals surface area (Å²) in [5.74, 6) is -0.507. The van der Waals surface area contributed by atoms with Crippen molar-refractivity contribution in [2.24, 2.45) is 0 Å². The molecule has 0 radical (unpaired) electrons. The molecule has 6 nitrogen and oxygen atoms in total. The fraction of sp³-hybridized carbons (Fsp3) is 0.793. The molecule has 3 atom stereocenters. The molecule has 3 unspecified atom stereocenters. The summed E-state index contributed by atoms with van der Waals surface area (Å²) in [7, 11) is 0. The van der Waals surface area contributed by atoms with Crippen LogP contribution in [0, 0.1) is 0 Å². The average Bonchev–Trinajstić information content (AvgIpc) is 3.29. The lowest BCUT2D eigenvalue weighted by Crippen LogP contribution is -2.46. The van der Waals surface area contributed by atoms with Gasteiger partial charge in [0.1, 0.15) is 6.10 Å². The molecule has 6 heteroatoms. The highest BCUT2D eigenvalue weighted by Gasteiger charge is 2.24.